The standard InChI is InChI=1S/C25H20N2O4/c1-31-25(30)23(17-10-6-3-7-11-17)27-24(29)20-15-21(16-8-4-2-5-9-16)26-22-14-18(28)12-13-19(20)22/h2-15,23,28H,1H3,(H,27,29)/t23-/m1/s1. The maximum atomic E-state index is 13.3. The number of carbonyl (C=O) groups is 2. The van der Waals surface area contributed by atoms with Crippen LogP contribution in [0, 0.1) is 0 Å². The number of nitrogens with zero attached hydrogens (tertiary/aromatic N) is 1. The molecule has 6 heteroatoms. The Balaban J connectivity index is 1.80. The van der Waals surface area contributed by atoms with Crippen LogP contribution in [-0.4, -0.2) is 29.1 Å². The molecule has 0 aliphatic rings. The number of amides is 1. The number of hydrogen-bond donors (Lipinski definition) is 2. The lowest BCUT2D eigenvalue weighted by Crippen LogP contribution is -2.34. The van der Waals surface area contributed by atoms with Gasteiger partial charge in [0.05, 0.1) is 23.9 Å². The summed E-state index contributed by atoms with van der Waals surface area (Å²) in [5, 5.41) is 13.3. The van der Waals surface area contributed by atoms with E-state index in [2.05, 4.69) is 10.3 Å². The van der Waals surface area contributed by atoms with E-state index in [4.69, 9.17) is 4.74 Å². The van der Waals surface area contributed by atoms with Crippen molar-refractivity contribution in [2.24, 2.45) is 0 Å². The molecule has 2 N–H and O–H groups in total. The molecule has 0 saturated carbocycles. The molecule has 4 rings (SSSR count). The van der Waals surface area contributed by atoms with Crippen LogP contribution in [0.3, 0.4) is 0 Å². The van der Waals surface area contributed by atoms with Gasteiger partial charge < -0.3 is 15.2 Å². The second-order valence-electron chi connectivity index (χ2n) is 6.96. The monoisotopic (exact) mass is 412 g/mol. The van der Waals surface area contributed by atoms with Crippen molar-refractivity contribution in [3.8, 4) is 17.0 Å². The van der Waals surface area contributed by atoms with Crippen LogP contribution < -0.4 is 5.32 Å². The molecule has 1 aromatic heterocycles. The summed E-state index contributed by atoms with van der Waals surface area (Å²) in [5.74, 6) is -0.971. The van der Waals surface area contributed by atoms with Crippen LogP contribution in [0.5, 0.6) is 5.75 Å². The number of methoxy groups -OCH3 is 1. The highest BCUT2D eigenvalue weighted by Crippen LogP contribution is 2.28. The maximum absolute atomic E-state index is 13.3. The molecule has 4 aromatic rings. The van der Waals surface area contributed by atoms with E-state index >= 15 is 0 Å². The molecule has 1 amide bonds. The number of phenolic OH excluding ortho intramolecular Hbond substituents is 1. The number of aromatic nitrogens is 1. The number of ether oxygens (including phenoxy) is 1. The molecule has 0 aliphatic carbocycles. The predicted octanol–water partition coefficient (Wildman–Crippen LogP) is 4.25. The van der Waals surface area contributed by atoms with Crippen molar-refractivity contribution in [3.05, 3.63) is 96.1 Å². The van der Waals surface area contributed by atoms with Gasteiger partial charge in [0.15, 0.2) is 6.04 Å². The summed E-state index contributed by atoms with van der Waals surface area (Å²) in [5.41, 5.74) is 2.84. The Labute approximate surface area is 179 Å². The zero-order valence-electron chi connectivity index (χ0n) is 16.8. The van der Waals surface area contributed by atoms with Gasteiger partial charge in [0, 0.05) is 17.0 Å². The lowest BCUT2D eigenvalue weighted by atomic mass is 10.0. The Morgan fingerprint density at radius 3 is 2.29 bits per heavy atom. The summed E-state index contributed by atoms with van der Waals surface area (Å²) in [6.07, 6.45) is 0. The van der Waals surface area contributed by atoms with Gasteiger partial charge in [-0.15, -0.1) is 0 Å². The largest absolute Gasteiger partial charge is 0.508 e. The van der Waals surface area contributed by atoms with Gasteiger partial charge in [0.25, 0.3) is 5.91 Å². The van der Waals surface area contributed by atoms with Crippen LogP contribution in [0.15, 0.2) is 84.9 Å². The molecule has 0 aliphatic heterocycles. The number of carbonyl (C=O) groups excluding carboxylic acids is 2. The molecular weight excluding hydrogens is 392 g/mol. The van der Waals surface area contributed by atoms with Gasteiger partial charge in [-0.05, 0) is 23.8 Å². The van der Waals surface area contributed by atoms with Gasteiger partial charge in [-0.25, -0.2) is 9.78 Å². The van der Waals surface area contributed by atoms with E-state index in [0.717, 1.165) is 5.56 Å². The maximum Gasteiger partial charge on any atom is 0.333 e. The molecule has 0 radical (unpaired) electrons. The van der Waals surface area contributed by atoms with Crippen LogP contribution in [0.1, 0.15) is 22.0 Å². The summed E-state index contributed by atoms with van der Waals surface area (Å²) in [6.45, 7) is 0. The fourth-order valence-corrected chi connectivity index (χ4v) is 3.41. The van der Waals surface area contributed by atoms with Gasteiger partial charge in [-0.1, -0.05) is 60.7 Å². The molecule has 1 atom stereocenters. The van der Waals surface area contributed by atoms with Gasteiger partial charge in [0.1, 0.15) is 5.75 Å². The van der Waals surface area contributed by atoms with Crippen LogP contribution in [0.4, 0.5) is 0 Å². The molecule has 0 spiro atoms. The van der Waals surface area contributed by atoms with Crippen molar-refractivity contribution in [3.63, 3.8) is 0 Å². The van der Waals surface area contributed by atoms with Crippen LogP contribution in [0.2, 0.25) is 0 Å². The average molecular weight is 412 g/mol. The van der Waals surface area contributed by atoms with Gasteiger partial charge in [-0.2, -0.15) is 0 Å². The minimum Gasteiger partial charge on any atom is -0.508 e. The molecule has 154 valence electrons. The summed E-state index contributed by atoms with van der Waals surface area (Å²) in [6, 6.07) is 23.7. The molecule has 31 heavy (non-hydrogen) atoms. The highest BCUT2D eigenvalue weighted by molar-refractivity contribution is 6.08. The quantitative estimate of drug-likeness (QED) is 0.479. The van der Waals surface area contributed by atoms with Gasteiger partial charge in [0.2, 0.25) is 0 Å². The normalized spacial score (nSPS) is 11.6. The third-order valence-corrected chi connectivity index (χ3v) is 4.95. The Morgan fingerprint density at radius 1 is 0.935 bits per heavy atom. The van der Waals surface area contributed by atoms with Crippen LogP contribution in [0.25, 0.3) is 22.2 Å². The number of pyridine rings is 1. The van der Waals surface area contributed by atoms with Crippen molar-refractivity contribution in [1.82, 2.24) is 10.3 Å². The number of fused-ring (bicyclic) bond motifs is 1. The smallest absolute Gasteiger partial charge is 0.333 e. The lowest BCUT2D eigenvalue weighted by molar-refractivity contribution is -0.143. The number of rotatable bonds is 5. The highest BCUT2D eigenvalue weighted by Gasteiger charge is 2.25. The first-order valence-corrected chi connectivity index (χ1v) is 9.69. The van der Waals surface area contributed by atoms with E-state index in [1.54, 1.807) is 36.4 Å². The average Bonchev–Trinajstić information content (AvgIpc) is 2.82. The fourth-order valence-electron chi connectivity index (χ4n) is 3.41. The van der Waals surface area contributed by atoms with Crippen LogP contribution >= 0.6 is 0 Å². The lowest BCUT2D eigenvalue weighted by Gasteiger charge is -2.18. The van der Waals surface area contributed by atoms with Crippen molar-refractivity contribution in [1.29, 1.82) is 0 Å². The predicted molar refractivity (Wildman–Crippen MR) is 118 cm³/mol. The number of esters is 1. The second-order valence-corrected chi connectivity index (χ2v) is 6.96. The van der Waals surface area contributed by atoms with Crippen molar-refractivity contribution < 1.29 is 19.4 Å². The molecule has 6 nitrogen and oxygen atoms in total. The molecule has 0 fully saturated rings. The Bertz CT molecular complexity index is 1240. The van der Waals surface area contributed by atoms with E-state index in [-0.39, 0.29) is 5.75 Å². The molecule has 1 heterocycles. The summed E-state index contributed by atoms with van der Waals surface area (Å²) >= 11 is 0. The van der Waals surface area contributed by atoms with Crippen molar-refractivity contribution >= 4 is 22.8 Å². The third kappa shape index (κ3) is 4.23. The minimum atomic E-state index is -0.959. The summed E-state index contributed by atoms with van der Waals surface area (Å²) in [7, 11) is 1.28. The van der Waals surface area contributed by atoms with E-state index in [1.165, 1.54) is 19.2 Å². The number of benzene rings is 3. The van der Waals surface area contributed by atoms with E-state index < -0.39 is 17.9 Å². The zero-order valence-corrected chi connectivity index (χ0v) is 16.8. The van der Waals surface area contributed by atoms with E-state index in [0.29, 0.717) is 27.7 Å². The molecule has 0 bridgehead atoms. The first kappa shape index (κ1) is 20.1. The number of hydrogen-bond acceptors (Lipinski definition) is 5. The van der Waals surface area contributed by atoms with Gasteiger partial charge >= 0.3 is 5.97 Å². The molecule has 0 saturated heterocycles. The number of aromatic hydroxyl groups is 1. The van der Waals surface area contributed by atoms with Gasteiger partial charge in [-0.3, -0.25) is 4.79 Å². The van der Waals surface area contributed by atoms with Crippen molar-refractivity contribution in [2.45, 2.75) is 6.04 Å². The van der Waals surface area contributed by atoms with Crippen LogP contribution in [-0.2, 0) is 9.53 Å². The highest BCUT2D eigenvalue weighted by atomic mass is 16.5. The molecule has 0 unspecified atom stereocenters. The summed E-state index contributed by atoms with van der Waals surface area (Å²) in [4.78, 5) is 30.3. The number of phenols is 1. The third-order valence-electron chi connectivity index (χ3n) is 4.95. The number of nitrogens with one attached hydrogen (secondary N) is 1. The van der Waals surface area contributed by atoms with E-state index in [9.17, 15) is 14.7 Å². The minimum absolute atomic E-state index is 0.0493. The Morgan fingerprint density at radius 2 is 1.61 bits per heavy atom. The van der Waals surface area contributed by atoms with E-state index in [1.807, 2.05) is 36.4 Å². The molecular formula is C25H20N2O4. The SMILES string of the molecule is COC(=O)[C@H](NC(=O)c1cc(-c2ccccc2)nc2cc(O)ccc12)c1ccccc1. The van der Waals surface area contributed by atoms with Crippen molar-refractivity contribution in [2.75, 3.05) is 7.11 Å². The first-order valence-electron chi connectivity index (χ1n) is 9.69. The first-order chi connectivity index (χ1) is 15.1. The summed E-state index contributed by atoms with van der Waals surface area (Å²) < 4.78 is 4.90. The Kier molecular flexibility index (Phi) is 5.62. The molecule has 3 aromatic carbocycles. The Hall–Kier alpha value is -4.19. The fraction of sp³-hybridized carbons (Fsp3) is 0.0800. The second kappa shape index (κ2) is 8.67. The zero-order chi connectivity index (χ0) is 21.8. The topological polar surface area (TPSA) is 88.5 Å².